The van der Waals surface area contributed by atoms with E-state index in [1.807, 2.05) is 0 Å². The lowest BCUT2D eigenvalue weighted by Crippen LogP contribution is -2.15. The number of carbonyl (C=O) groups excluding carboxylic acids is 3. The van der Waals surface area contributed by atoms with Crippen LogP contribution in [0.4, 0.5) is 5.69 Å². The SMILES string of the molecule is CCOC(=O)Cc1nnc(S[C@H](C)C(=O)c2ccc(NC(C)=O)cc2)n1C. The van der Waals surface area contributed by atoms with Crippen molar-refractivity contribution in [3.63, 3.8) is 0 Å². The van der Waals surface area contributed by atoms with Crippen LogP contribution in [-0.4, -0.2) is 44.3 Å². The number of ketones is 1. The molecule has 0 spiro atoms. The first-order chi connectivity index (χ1) is 12.8. The maximum absolute atomic E-state index is 12.6. The van der Waals surface area contributed by atoms with Gasteiger partial charge in [0.05, 0.1) is 11.9 Å². The highest BCUT2D eigenvalue weighted by molar-refractivity contribution is 8.00. The lowest BCUT2D eigenvalue weighted by Gasteiger charge is -2.11. The predicted octanol–water partition coefficient (Wildman–Crippen LogP) is 2.24. The molecule has 0 aliphatic heterocycles. The minimum absolute atomic E-state index is 0.0326. The first kappa shape index (κ1) is 20.6. The van der Waals surface area contributed by atoms with Crippen molar-refractivity contribution in [3.05, 3.63) is 35.7 Å². The zero-order valence-corrected chi connectivity index (χ0v) is 16.5. The standard InChI is InChI=1S/C18H22N4O4S/c1-5-26-16(24)10-15-20-21-18(22(15)4)27-11(2)17(25)13-6-8-14(9-7-13)19-12(3)23/h6-9,11H,5,10H2,1-4H3,(H,19,23)/t11-/m1/s1. The molecule has 0 saturated heterocycles. The summed E-state index contributed by atoms with van der Waals surface area (Å²) in [6.45, 7) is 5.26. The van der Waals surface area contributed by atoms with E-state index in [2.05, 4.69) is 15.5 Å². The highest BCUT2D eigenvalue weighted by atomic mass is 32.2. The van der Waals surface area contributed by atoms with E-state index in [1.165, 1.54) is 18.7 Å². The topological polar surface area (TPSA) is 103 Å². The van der Waals surface area contributed by atoms with Crippen molar-refractivity contribution in [1.29, 1.82) is 0 Å². The Morgan fingerprint density at radius 2 is 1.89 bits per heavy atom. The Morgan fingerprint density at radius 3 is 2.48 bits per heavy atom. The van der Waals surface area contributed by atoms with Crippen LogP contribution in [0.25, 0.3) is 0 Å². The van der Waals surface area contributed by atoms with E-state index in [0.717, 1.165) is 0 Å². The van der Waals surface area contributed by atoms with Gasteiger partial charge < -0.3 is 14.6 Å². The van der Waals surface area contributed by atoms with Crippen LogP contribution >= 0.6 is 11.8 Å². The molecule has 0 aliphatic rings. The third-order valence-corrected chi connectivity index (χ3v) is 4.81. The van der Waals surface area contributed by atoms with Gasteiger partial charge in [-0.2, -0.15) is 0 Å². The molecule has 0 fully saturated rings. The monoisotopic (exact) mass is 390 g/mol. The van der Waals surface area contributed by atoms with Crippen molar-refractivity contribution in [2.45, 2.75) is 37.6 Å². The van der Waals surface area contributed by atoms with E-state index in [-0.39, 0.29) is 24.1 Å². The van der Waals surface area contributed by atoms with E-state index < -0.39 is 5.25 Å². The molecule has 0 unspecified atom stereocenters. The number of hydrogen-bond donors (Lipinski definition) is 1. The van der Waals surface area contributed by atoms with Gasteiger partial charge in [0.25, 0.3) is 0 Å². The number of aromatic nitrogens is 3. The molecular weight excluding hydrogens is 368 g/mol. The molecule has 2 aromatic rings. The molecule has 0 radical (unpaired) electrons. The summed E-state index contributed by atoms with van der Waals surface area (Å²) in [5.41, 5.74) is 1.18. The second-order valence-electron chi connectivity index (χ2n) is 5.82. The van der Waals surface area contributed by atoms with E-state index in [0.29, 0.717) is 28.8 Å². The molecule has 144 valence electrons. The smallest absolute Gasteiger partial charge is 0.313 e. The number of anilines is 1. The molecule has 9 heteroatoms. The van der Waals surface area contributed by atoms with Crippen LogP contribution in [0, 0.1) is 0 Å². The molecule has 27 heavy (non-hydrogen) atoms. The molecule has 0 aliphatic carbocycles. The molecule has 0 saturated carbocycles. The number of nitrogens with one attached hydrogen (secondary N) is 1. The molecule has 1 heterocycles. The molecule has 1 aromatic carbocycles. The van der Waals surface area contributed by atoms with Gasteiger partial charge in [0.2, 0.25) is 5.91 Å². The summed E-state index contributed by atoms with van der Waals surface area (Å²) in [6, 6.07) is 6.72. The highest BCUT2D eigenvalue weighted by Crippen LogP contribution is 2.25. The zero-order valence-electron chi connectivity index (χ0n) is 15.7. The molecule has 1 atom stereocenters. The van der Waals surface area contributed by atoms with Crippen molar-refractivity contribution >= 4 is 35.1 Å². The number of esters is 1. The first-order valence-electron chi connectivity index (χ1n) is 8.44. The number of Topliss-reactive ketones (excluding diaryl/α,β-unsaturated/α-hetero) is 1. The maximum Gasteiger partial charge on any atom is 0.313 e. The summed E-state index contributed by atoms with van der Waals surface area (Å²) < 4.78 is 6.60. The first-order valence-corrected chi connectivity index (χ1v) is 9.32. The second-order valence-corrected chi connectivity index (χ2v) is 7.13. The molecule has 0 bridgehead atoms. The van der Waals surface area contributed by atoms with E-state index in [9.17, 15) is 14.4 Å². The summed E-state index contributed by atoms with van der Waals surface area (Å²) in [6.07, 6.45) is 0.0326. The average Bonchev–Trinajstić information content (AvgIpc) is 2.94. The van der Waals surface area contributed by atoms with E-state index in [1.54, 1.807) is 49.7 Å². The fourth-order valence-electron chi connectivity index (χ4n) is 2.31. The van der Waals surface area contributed by atoms with Gasteiger partial charge in [0.15, 0.2) is 10.9 Å². The zero-order chi connectivity index (χ0) is 20.0. The van der Waals surface area contributed by atoms with Gasteiger partial charge in [0, 0.05) is 25.2 Å². The number of amides is 1. The molecule has 1 amide bonds. The molecule has 1 aromatic heterocycles. The lowest BCUT2D eigenvalue weighted by molar-refractivity contribution is -0.142. The van der Waals surface area contributed by atoms with E-state index >= 15 is 0 Å². The van der Waals surface area contributed by atoms with Crippen LogP contribution in [0.2, 0.25) is 0 Å². The minimum Gasteiger partial charge on any atom is -0.466 e. The van der Waals surface area contributed by atoms with Crippen molar-refractivity contribution < 1.29 is 19.1 Å². The fraction of sp³-hybridized carbons (Fsp3) is 0.389. The summed E-state index contributed by atoms with van der Waals surface area (Å²) in [4.78, 5) is 35.3. The van der Waals surface area contributed by atoms with Gasteiger partial charge >= 0.3 is 5.97 Å². The van der Waals surface area contributed by atoms with Gasteiger partial charge in [-0.15, -0.1) is 10.2 Å². The Morgan fingerprint density at radius 1 is 1.22 bits per heavy atom. The number of ether oxygens (including phenoxy) is 1. The number of benzene rings is 1. The number of thioether (sulfide) groups is 1. The molecular formula is C18H22N4O4S. The Kier molecular flexibility index (Phi) is 7.12. The van der Waals surface area contributed by atoms with Crippen LogP contribution in [0.1, 0.15) is 37.0 Å². The maximum atomic E-state index is 12.6. The van der Waals surface area contributed by atoms with Crippen LogP contribution < -0.4 is 5.32 Å². The summed E-state index contributed by atoms with van der Waals surface area (Å²) >= 11 is 1.27. The fourth-order valence-corrected chi connectivity index (χ4v) is 3.22. The van der Waals surface area contributed by atoms with Gasteiger partial charge in [0.1, 0.15) is 12.2 Å². The number of hydrogen-bond acceptors (Lipinski definition) is 7. The summed E-state index contributed by atoms with van der Waals surface area (Å²) in [7, 11) is 1.75. The molecule has 8 nitrogen and oxygen atoms in total. The summed E-state index contributed by atoms with van der Waals surface area (Å²) in [5.74, 6) is -0.119. The van der Waals surface area contributed by atoms with Gasteiger partial charge in [-0.25, -0.2) is 0 Å². The minimum atomic E-state index is -0.394. The third-order valence-electron chi connectivity index (χ3n) is 3.67. The lowest BCUT2D eigenvalue weighted by atomic mass is 10.1. The molecule has 2 rings (SSSR count). The Bertz CT molecular complexity index is 832. The summed E-state index contributed by atoms with van der Waals surface area (Å²) in [5, 5.41) is 10.9. The Hall–Kier alpha value is -2.68. The van der Waals surface area contributed by atoms with Crippen molar-refractivity contribution in [2.24, 2.45) is 7.05 Å². The van der Waals surface area contributed by atoms with Crippen molar-refractivity contribution in [3.8, 4) is 0 Å². The second kappa shape index (κ2) is 9.31. The van der Waals surface area contributed by atoms with Crippen LogP contribution in [0.3, 0.4) is 0 Å². The third kappa shape index (κ3) is 5.65. The number of nitrogens with zero attached hydrogens (tertiary/aromatic N) is 3. The predicted molar refractivity (Wildman–Crippen MR) is 102 cm³/mol. The number of carbonyl (C=O) groups is 3. The van der Waals surface area contributed by atoms with Gasteiger partial charge in [-0.1, -0.05) is 11.8 Å². The van der Waals surface area contributed by atoms with Gasteiger partial charge in [-0.3, -0.25) is 14.4 Å². The highest BCUT2D eigenvalue weighted by Gasteiger charge is 2.21. The van der Waals surface area contributed by atoms with Crippen molar-refractivity contribution in [2.75, 3.05) is 11.9 Å². The molecule has 1 N–H and O–H groups in total. The van der Waals surface area contributed by atoms with Gasteiger partial charge in [-0.05, 0) is 38.1 Å². The normalized spacial score (nSPS) is 11.7. The van der Waals surface area contributed by atoms with Crippen LogP contribution in [0.15, 0.2) is 29.4 Å². The average molecular weight is 390 g/mol. The number of rotatable bonds is 8. The Labute approximate surface area is 161 Å². The van der Waals surface area contributed by atoms with Crippen LogP contribution in [0.5, 0.6) is 0 Å². The Balaban J connectivity index is 2.03. The van der Waals surface area contributed by atoms with Crippen LogP contribution in [-0.2, 0) is 27.8 Å². The quantitative estimate of drug-likeness (QED) is 0.419. The largest absolute Gasteiger partial charge is 0.466 e. The van der Waals surface area contributed by atoms with E-state index in [4.69, 9.17) is 4.74 Å². The van der Waals surface area contributed by atoms with Crippen molar-refractivity contribution in [1.82, 2.24) is 14.8 Å².